The van der Waals surface area contributed by atoms with Crippen molar-refractivity contribution in [2.75, 3.05) is 7.05 Å². The molecule has 45 valence electrons. The molecule has 0 bridgehead atoms. The lowest BCUT2D eigenvalue weighted by atomic mass is 10.3. The van der Waals surface area contributed by atoms with Gasteiger partial charge < -0.3 is 0 Å². The Bertz CT molecular complexity index is 86.3. The Kier molecular flexibility index (Phi) is 5.85. The molecule has 0 heterocycles. The van der Waals surface area contributed by atoms with Gasteiger partial charge in [0, 0.05) is 19.5 Å². The zero-order chi connectivity index (χ0) is 6.24. The molecule has 1 nitrogen and oxygen atoms in total. The zero-order valence-corrected chi connectivity index (χ0v) is 5.57. The van der Waals surface area contributed by atoms with E-state index in [0.717, 1.165) is 6.42 Å². The number of hydrogen-bond donors (Lipinski definition) is 0. The first-order valence-electron chi connectivity index (χ1n) is 2.98. The van der Waals surface area contributed by atoms with Gasteiger partial charge in [-0.2, -0.15) is 0 Å². The van der Waals surface area contributed by atoms with Gasteiger partial charge in [0.25, 0.3) is 0 Å². The highest BCUT2D eigenvalue weighted by molar-refractivity contribution is 4.94. The molecule has 1 heteroatoms. The third-order valence-electron chi connectivity index (χ3n) is 0.846. The normalized spacial score (nSPS) is 7.25. The van der Waals surface area contributed by atoms with Crippen molar-refractivity contribution in [3.63, 3.8) is 0 Å². The second-order valence-electron chi connectivity index (χ2n) is 1.62. The van der Waals surface area contributed by atoms with Crippen LogP contribution in [0.1, 0.15) is 26.2 Å². The number of nitrogens with zero attached hydrogens (tertiary/aromatic N) is 1. The number of hydrogen-bond acceptors (Lipinski definition) is 0. The van der Waals surface area contributed by atoms with Crippen molar-refractivity contribution in [1.29, 1.82) is 0 Å². The summed E-state index contributed by atoms with van der Waals surface area (Å²) < 4.78 is 0. The molecule has 8 heavy (non-hydrogen) atoms. The minimum absolute atomic E-state index is 0.994. The fourth-order valence-corrected chi connectivity index (χ4v) is 0.400. The maximum atomic E-state index is 3.65. The van der Waals surface area contributed by atoms with Gasteiger partial charge >= 0.3 is 0 Å². The average Bonchev–Trinajstić information content (AvgIpc) is 1.81. The molecule has 0 saturated carbocycles. The maximum Gasteiger partial charge on any atom is 0.0378 e. The quantitative estimate of drug-likeness (QED) is 0.376. The first-order chi connectivity index (χ1) is 3.91. The second kappa shape index (κ2) is 6.36. The van der Waals surface area contributed by atoms with Crippen molar-refractivity contribution in [2.45, 2.75) is 26.2 Å². The van der Waals surface area contributed by atoms with Crippen molar-refractivity contribution < 1.29 is 0 Å². The summed E-state index contributed by atoms with van der Waals surface area (Å²) in [6.45, 7) is 2.16. The lowest BCUT2D eigenvalue weighted by Crippen LogP contribution is -1.80. The van der Waals surface area contributed by atoms with E-state index in [2.05, 4.69) is 24.2 Å². The minimum Gasteiger partial charge on any atom is -0.239 e. The SMILES string of the molecule is CCCCC#C[N]C. The summed E-state index contributed by atoms with van der Waals surface area (Å²) in [6, 6.07) is 2.66. The van der Waals surface area contributed by atoms with Gasteiger partial charge in [0.2, 0.25) is 0 Å². The molecule has 0 aromatic carbocycles. The van der Waals surface area contributed by atoms with Crippen molar-refractivity contribution >= 4 is 0 Å². The zero-order valence-electron chi connectivity index (χ0n) is 5.57. The lowest BCUT2D eigenvalue weighted by molar-refractivity contribution is 0.827. The first-order valence-corrected chi connectivity index (χ1v) is 2.98. The lowest BCUT2D eigenvalue weighted by Gasteiger charge is -1.81. The highest BCUT2D eigenvalue weighted by Gasteiger charge is 1.74. The molecule has 0 aliphatic carbocycles. The van der Waals surface area contributed by atoms with E-state index < -0.39 is 0 Å². The van der Waals surface area contributed by atoms with Crippen molar-refractivity contribution in [3.05, 3.63) is 0 Å². The Morgan fingerprint density at radius 2 is 2.25 bits per heavy atom. The molecular weight excluding hydrogens is 98.1 g/mol. The molecule has 0 rings (SSSR count). The van der Waals surface area contributed by atoms with Crippen LogP contribution in [0.25, 0.3) is 0 Å². The van der Waals surface area contributed by atoms with E-state index in [1.165, 1.54) is 12.8 Å². The monoisotopic (exact) mass is 110 g/mol. The largest absolute Gasteiger partial charge is 0.239 e. The molecule has 0 saturated heterocycles. The molecule has 0 atom stereocenters. The predicted octanol–water partition coefficient (Wildman–Crippen LogP) is 1.37. The molecule has 0 aromatic heterocycles. The summed E-state index contributed by atoms with van der Waals surface area (Å²) in [5.41, 5.74) is 0. The Balaban J connectivity index is 2.90. The average molecular weight is 110 g/mol. The van der Waals surface area contributed by atoms with Crippen molar-refractivity contribution in [2.24, 2.45) is 0 Å². The summed E-state index contributed by atoms with van der Waals surface area (Å²) >= 11 is 0. The van der Waals surface area contributed by atoms with Crippen LogP contribution in [-0.2, 0) is 0 Å². The van der Waals surface area contributed by atoms with E-state index in [4.69, 9.17) is 0 Å². The van der Waals surface area contributed by atoms with Crippen LogP contribution in [0.3, 0.4) is 0 Å². The van der Waals surface area contributed by atoms with E-state index in [-0.39, 0.29) is 0 Å². The highest BCUT2D eigenvalue weighted by atomic mass is 14.8. The van der Waals surface area contributed by atoms with Gasteiger partial charge in [0.1, 0.15) is 0 Å². The molecular formula is C7H12N. The van der Waals surface area contributed by atoms with Gasteiger partial charge in [-0.3, -0.25) is 0 Å². The molecule has 0 N–H and O–H groups in total. The summed E-state index contributed by atoms with van der Waals surface area (Å²) in [4.78, 5) is 0. The molecule has 0 aliphatic rings. The fraction of sp³-hybridized carbons (Fsp3) is 0.714. The molecule has 0 fully saturated rings. The Morgan fingerprint density at radius 3 is 2.75 bits per heavy atom. The Labute approximate surface area is 51.5 Å². The predicted molar refractivity (Wildman–Crippen MR) is 35.4 cm³/mol. The van der Waals surface area contributed by atoms with Gasteiger partial charge in [-0.15, -0.1) is 0 Å². The molecule has 0 aromatic rings. The van der Waals surface area contributed by atoms with Crippen LogP contribution in [0, 0.1) is 12.0 Å². The molecule has 0 aliphatic heterocycles. The van der Waals surface area contributed by atoms with Crippen LogP contribution >= 0.6 is 0 Å². The number of rotatable bonds is 2. The van der Waals surface area contributed by atoms with Crippen LogP contribution in [-0.4, -0.2) is 7.05 Å². The molecule has 0 unspecified atom stereocenters. The van der Waals surface area contributed by atoms with Crippen LogP contribution in [0.15, 0.2) is 0 Å². The first kappa shape index (κ1) is 7.36. The molecule has 0 amide bonds. The highest BCUT2D eigenvalue weighted by Crippen LogP contribution is 1.89. The van der Waals surface area contributed by atoms with E-state index in [0.29, 0.717) is 0 Å². The summed E-state index contributed by atoms with van der Waals surface area (Å²) in [5.74, 6) is 2.92. The van der Waals surface area contributed by atoms with Crippen LogP contribution in [0.2, 0.25) is 0 Å². The third-order valence-corrected chi connectivity index (χ3v) is 0.846. The van der Waals surface area contributed by atoms with Gasteiger partial charge in [-0.05, 0) is 6.42 Å². The van der Waals surface area contributed by atoms with Gasteiger partial charge in [0.05, 0.1) is 0 Å². The van der Waals surface area contributed by atoms with Crippen LogP contribution < -0.4 is 5.32 Å². The van der Waals surface area contributed by atoms with Gasteiger partial charge in [-0.1, -0.05) is 19.3 Å². The third kappa shape index (κ3) is 5.36. The maximum absolute atomic E-state index is 3.65. The van der Waals surface area contributed by atoms with Crippen LogP contribution in [0.4, 0.5) is 0 Å². The Hall–Kier alpha value is -0.640. The van der Waals surface area contributed by atoms with E-state index in [9.17, 15) is 0 Å². The summed E-state index contributed by atoms with van der Waals surface area (Å²) in [6.07, 6.45) is 3.41. The summed E-state index contributed by atoms with van der Waals surface area (Å²) in [5, 5.41) is 3.65. The minimum atomic E-state index is 0.994. The van der Waals surface area contributed by atoms with E-state index >= 15 is 0 Å². The topological polar surface area (TPSA) is 14.1 Å². The molecule has 0 spiro atoms. The molecule has 1 radical (unpaired) electrons. The van der Waals surface area contributed by atoms with E-state index in [1.807, 2.05) is 0 Å². The van der Waals surface area contributed by atoms with Gasteiger partial charge in [0.15, 0.2) is 0 Å². The van der Waals surface area contributed by atoms with Crippen molar-refractivity contribution in [1.82, 2.24) is 5.32 Å². The standard InChI is InChI=1S/C7H12N/c1-3-4-5-6-7-8-2/h3-5H2,1-2H3. The second-order valence-corrected chi connectivity index (χ2v) is 1.62. The number of unbranched alkanes of at least 4 members (excludes halogenated alkanes) is 2. The van der Waals surface area contributed by atoms with Crippen molar-refractivity contribution in [3.8, 4) is 12.0 Å². The van der Waals surface area contributed by atoms with E-state index in [1.54, 1.807) is 7.05 Å². The fourth-order valence-electron chi connectivity index (χ4n) is 0.400. The van der Waals surface area contributed by atoms with Gasteiger partial charge in [-0.25, -0.2) is 5.32 Å². The Morgan fingerprint density at radius 1 is 1.50 bits per heavy atom. The van der Waals surface area contributed by atoms with Crippen LogP contribution in [0.5, 0.6) is 0 Å². The smallest absolute Gasteiger partial charge is 0.0378 e. The summed E-state index contributed by atoms with van der Waals surface area (Å²) in [7, 11) is 1.71.